The second-order valence-electron chi connectivity index (χ2n) is 4.95. The number of carbonyl (C=O) groups is 1. The summed E-state index contributed by atoms with van der Waals surface area (Å²) < 4.78 is 5.85. The van der Waals surface area contributed by atoms with Gasteiger partial charge in [-0.3, -0.25) is 4.79 Å². The maximum Gasteiger partial charge on any atom is 0.305 e. The Bertz CT molecular complexity index is 187. The molecule has 15 heavy (non-hydrogen) atoms. The number of hydrogen-bond acceptors (Lipinski definition) is 2. The van der Waals surface area contributed by atoms with Gasteiger partial charge in [0.25, 0.3) is 0 Å². The van der Waals surface area contributed by atoms with Gasteiger partial charge in [0.05, 0.1) is 12.5 Å². The summed E-state index contributed by atoms with van der Waals surface area (Å²) >= 11 is 0. The van der Waals surface area contributed by atoms with Crippen molar-refractivity contribution in [2.45, 2.75) is 64.8 Å². The Hall–Kier alpha value is -0.353. The Kier molecular flexibility index (Phi) is 6.84. The predicted molar refractivity (Wildman–Crippen MR) is 64.6 cm³/mol. The molecule has 0 spiro atoms. The monoisotopic (exact) mass is 232 g/mol. The van der Waals surface area contributed by atoms with Gasteiger partial charge in [0.15, 0.2) is 8.32 Å². The summed E-state index contributed by atoms with van der Waals surface area (Å²) in [5, 5.41) is 8.77. The van der Waals surface area contributed by atoms with E-state index in [2.05, 4.69) is 26.6 Å². The lowest BCUT2D eigenvalue weighted by atomic mass is 10.1. The number of hydrogen-bond donors (Lipinski definition) is 1. The summed E-state index contributed by atoms with van der Waals surface area (Å²) in [7, 11) is -1.61. The smallest absolute Gasteiger partial charge is 0.305 e. The number of rotatable bonds is 8. The van der Waals surface area contributed by atoms with Crippen LogP contribution in [-0.4, -0.2) is 25.5 Å². The van der Waals surface area contributed by atoms with Crippen LogP contribution < -0.4 is 0 Å². The number of carboxylic acids is 1. The first-order valence-electron chi connectivity index (χ1n) is 5.74. The molecule has 90 valence electrons. The largest absolute Gasteiger partial charge is 0.481 e. The minimum atomic E-state index is -1.61. The quantitative estimate of drug-likeness (QED) is 0.516. The first kappa shape index (κ1) is 14.6. The summed E-state index contributed by atoms with van der Waals surface area (Å²) in [4.78, 5) is 10.7. The van der Waals surface area contributed by atoms with Crippen LogP contribution in [0.15, 0.2) is 0 Å². The Balaban J connectivity index is 4.01. The molecular formula is C11H24O3Si. The van der Waals surface area contributed by atoms with E-state index in [9.17, 15) is 4.79 Å². The molecule has 0 heterocycles. The van der Waals surface area contributed by atoms with Crippen LogP contribution in [0.5, 0.6) is 0 Å². The third kappa shape index (κ3) is 9.94. The van der Waals surface area contributed by atoms with E-state index < -0.39 is 14.3 Å². The van der Waals surface area contributed by atoms with E-state index in [-0.39, 0.29) is 12.5 Å². The van der Waals surface area contributed by atoms with Crippen molar-refractivity contribution in [1.82, 2.24) is 0 Å². The summed E-state index contributed by atoms with van der Waals surface area (Å²) in [5.74, 6) is -0.755. The van der Waals surface area contributed by atoms with Crippen LogP contribution >= 0.6 is 0 Å². The third-order valence-electron chi connectivity index (χ3n) is 2.05. The van der Waals surface area contributed by atoms with E-state index in [4.69, 9.17) is 9.53 Å². The second-order valence-corrected chi connectivity index (χ2v) is 9.41. The summed E-state index contributed by atoms with van der Waals surface area (Å²) in [5.41, 5.74) is 0. The van der Waals surface area contributed by atoms with Gasteiger partial charge in [-0.15, -0.1) is 0 Å². The predicted octanol–water partition coefficient (Wildman–Crippen LogP) is 3.26. The summed E-state index contributed by atoms with van der Waals surface area (Å²) in [6, 6.07) is 0. The van der Waals surface area contributed by atoms with Crippen LogP contribution in [0.1, 0.15) is 39.0 Å². The Morgan fingerprint density at radius 1 is 1.33 bits per heavy atom. The van der Waals surface area contributed by atoms with E-state index in [0.29, 0.717) is 0 Å². The van der Waals surface area contributed by atoms with Crippen molar-refractivity contribution in [2.24, 2.45) is 0 Å². The fourth-order valence-electron chi connectivity index (χ4n) is 1.52. The first-order chi connectivity index (χ1) is 6.85. The zero-order chi connectivity index (χ0) is 11.9. The minimum Gasteiger partial charge on any atom is -0.481 e. The molecule has 1 atom stereocenters. The van der Waals surface area contributed by atoms with E-state index in [1.54, 1.807) is 0 Å². The highest BCUT2D eigenvalue weighted by Crippen LogP contribution is 2.16. The van der Waals surface area contributed by atoms with E-state index >= 15 is 0 Å². The Labute approximate surface area is 94.0 Å². The van der Waals surface area contributed by atoms with Crippen molar-refractivity contribution in [3.8, 4) is 0 Å². The fourth-order valence-corrected chi connectivity index (χ4v) is 2.72. The highest BCUT2D eigenvalue weighted by molar-refractivity contribution is 6.69. The van der Waals surface area contributed by atoms with Crippen molar-refractivity contribution >= 4 is 14.3 Å². The van der Waals surface area contributed by atoms with Gasteiger partial charge >= 0.3 is 5.97 Å². The fraction of sp³-hybridized carbons (Fsp3) is 0.909. The van der Waals surface area contributed by atoms with Crippen LogP contribution in [0, 0.1) is 0 Å². The number of unbranched alkanes of at least 4 members (excludes halogenated alkanes) is 2. The van der Waals surface area contributed by atoms with Crippen LogP contribution in [0.2, 0.25) is 19.6 Å². The minimum absolute atomic E-state index is 0.0827. The second kappa shape index (κ2) is 7.01. The molecule has 0 aliphatic carbocycles. The van der Waals surface area contributed by atoms with Gasteiger partial charge < -0.3 is 9.53 Å². The van der Waals surface area contributed by atoms with Gasteiger partial charge in [0, 0.05) is 0 Å². The molecule has 0 rings (SSSR count). The molecule has 1 N–H and O–H groups in total. The molecule has 0 aliphatic heterocycles. The van der Waals surface area contributed by atoms with E-state index in [0.717, 1.165) is 25.7 Å². The molecule has 0 aromatic rings. The maximum absolute atomic E-state index is 10.7. The first-order valence-corrected chi connectivity index (χ1v) is 9.15. The standard InChI is InChI=1S/C11H24O3Si/c1-5-6-7-8-10(9-11(12)13)14-15(2,3)4/h10H,5-9H2,1-4H3,(H,12,13). The van der Waals surface area contributed by atoms with Crippen molar-refractivity contribution in [1.29, 1.82) is 0 Å². The van der Waals surface area contributed by atoms with E-state index in [1.165, 1.54) is 0 Å². The highest BCUT2D eigenvalue weighted by Gasteiger charge is 2.22. The normalized spacial score (nSPS) is 13.9. The molecule has 3 nitrogen and oxygen atoms in total. The van der Waals surface area contributed by atoms with E-state index in [1.807, 2.05) is 0 Å². The number of carboxylic acid groups (broad SMARTS) is 1. The zero-order valence-electron chi connectivity index (χ0n) is 10.4. The third-order valence-corrected chi connectivity index (χ3v) is 3.09. The zero-order valence-corrected chi connectivity index (χ0v) is 11.4. The highest BCUT2D eigenvalue weighted by atomic mass is 28.4. The van der Waals surface area contributed by atoms with Gasteiger partial charge in [0.1, 0.15) is 0 Å². The number of aliphatic carboxylic acids is 1. The topological polar surface area (TPSA) is 46.5 Å². The summed E-state index contributed by atoms with van der Waals surface area (Å²) in [6.45, 7) is 8.44. The average Bonchev–Trinajstić information content (AvgIpc) is 2.00. The molecule has 0 bridgehead atoms. The maximum atomic E-state index is 10.7. The summed E-state index contributed by atoms with van der Waals surface area (Å²) in [6.07, 6.45) is 4.33. The van der Waals surface area contributed by atoms with Gasteiger partial charge in [-0.2, -0.15) is 0 Å². The molecule has 4 heteroatoms. The van der Waals surface area contributed by atoms with Gasteiger partial charge in [-0.25, -0.2) is 0 Å². The van der Waals surface area contributed by atoms with Gasteiger partial charge in [-0.05, 0) is 26.1 Å². The molecule has 0 saturated carbocycles. The lowest BCUT2D eigenvalue weighted by Gasteiger charge is -2.25. The van der Waals surface area contributed by atoms with Crippen LogP contribution in [0.4, 0.5) is 0 Å². The van der Waals surface area contributed by atoms with Crippen LogP contribution in [0.3, 0.4) is 0 Å². The molecule has 0 aromatic heterocycles. The molecule has 0 amide bonds. The molecule has 0 fully saturated rings. The molecule has 1 unspecified atom stereocenters. The lowest BCUT2D eigenvalue weighted by Crippen LogP contribution is -2.33. The molecule has 0 aliphatic rings. The van der Waals surface area contributed by atoms with Crippen molar-refractivity contribution in [2.75, 3.05) is 0 Å². The SMILES string of the molecule is CCCCCC(CC(=O)O)O[Si](C)(C)C. The van der Waals surface area contributed by atoms with Gasteiger partial charge in [-0.1, -0.05) is 26.2 Å². The lowest BCUT2D eigenvalue weighted by molar-refractivity contribution is -0.139. The Morgan fingerprint density at radius 2 is 1.93 bits per heavy atom. The van der Waals surface area contributed by atoms with Crippen LogP contribution in [-0.2, 0) is 9.22 Å². The van der Waals surface area contributed by atoms with Crippen molar-refractivity contribution < 1.29 is 14.3 Å². The van der Waals surface area contributed by atoms with Crippen molar-refractivity contribution in [3.05, 3.63) is 0 Å². The molecule has 0 radical (unpaired) electrons. The molecule has 0 saturated heterocycles. The van der Waals surface area contributed by atoms with Crippen LogP contribution in [0.25, 0.3) is 0 Å². The molecular weight excluding hydrogens is 208 g/mol. The molecule has 0 aromatic carbocycles. The van der Waals surface area contributed by atoms with Gasteiger partial charge in [0.2, 0.25) is 0 Å². The van der Waals surface area contributed by atoms with Crippen molar-refractivity contribution in [3.63, 3.8) is 0 Å². The average molecular weight is 232 g/mol. The Morgan fingerprint density at radius 3 is 2.33 bits per heavy atom.